The summed E-state index contributed by atoms with van der Waals surface area (Å²) >= 11 is 5.97. The van der Waals surface area contributed by atoms with Gasteiger partial charge in [-0.1, -0.05) is 54.1 Å². The van der Waals surface area contributed by atoms with Crippen molar-refractivity contribution in [3.63, 3.8) is 0 Å². The molecule has 0 radical (unpaired) electrons. The first-order valence-electron chi connectivity index (χ1n) is 8.00. The largest absolute Gasteiger partial charge is 0.360 e. The third-order valence-corrected chi connectivity index (χ3v) is 4.21. The Labute approximate surface area is 156 Å². The van der Waals surface area contributed by atoms with Gasteiger partial charge in [0.15, 0.2) is 0 Å². The summed E-state index contributed by atoms with van der Waals surface area (Å²) in [5.41, 5.74) is 2.23. The Morgan fingerprint density at radius 2 is 1.85 bits per heavy atom. The highest BCUT2D eigenvalue weighted by Crippen LogP contribution is 2.24. The quantitative estimate of drug-likeness (QED) is 0.492. The van der Waals surface area contributed by atoms with Crippen LogP contribution in [0.15, 0.2) is 72.4 Å². The molecule has 1 amide bonds. The number of nitrogens with zero attached hydrogens (tertiary/aromatic N) is 1. The van der Waals surface area contributed by atoms with E-state index < -0.39 is 5.91 Å². The fraction of sp³-hybridized carbons (Fsp3) is 0.0476. The Bertz CT molecular complexity index is 1050. The Hall–Kier alpha value is -3.29. The van der Waals surface area contributed by atoms with E-state index in [0.717, 1.165) is 22.0 Å². The second-order valence-electron chi connectivity index (χ2n) is 5.75. The fourth-order valence-corrected chi connectivity index (χ4v) is 2.74. The van der Waals surface area contributed by atoms with E-state index in [-0.39, 0.29) is 5.57 Å². The minimum absolute atomic E-state index is 0.0303. The van der Waals surface area contributed by atoms with Gasteiger partial charge in [-0.2, -0.15) is 5.26 Å². The van der Waals surface area contributed by atoms with Gasteiger partial charge < -0.3 is 10.6 Å². The van der Waals surface area contributed by atoms with E-state index in [9.17, 15) is 10.1 Å². The Kier molecular flexibility index (Phi) is 5.21. The predicted octanol–water partition coefficient (Wildman–Crippen LogP) is 5.26. The van der Waals surface area contributed by atoms with Crippen LogP contribution in [0.3, 0.4) is 0 Å². The van der Waals surface area contributed by atoms with Crippen LogP contribution in [0, 0.1) is 18.3 Å². The number of nitrogens with one attached hydrogen (secondary N) is 2. The number of fused-ring (bicyclic) bond motifs is 1. The summed E-state index contributed by atoms with van der Waals surface area (Å²) < 4.78 is 0. The summed E-state index contributed by atoms with van der Waals surface area (Å²) in [5.74, 6) is -0.495. The Morgan fingerprint density at radius 1 is 1.08 bits per heavy atom. The zero-order valence-electron chi connectivity index (χ0n) is 14.1. The van der Waals surface area contributed by atoms with Gasteiger partial charge in [-0.15, -0.1) is 0 Å². The van der Waals surface area contributed by atoms with Gasteiger partial charge in [0.25, 0.3) is 5.91 Å². The molecule has 4 nitrogen and oxygen atoms in total. The molecule has 26 heavy (non-hydrogen) atoms. The van der Waals surface area contributed by atoms with Crippen molar-refractivity contribution in [2.24, 2.45) is 0 Å². The summed E-state index contributed by atoms with van der Waals surface area (Å²) in [6.45, 7) is 1.86. The maximum absolute atomic E-state index is 12.4. The number of hydrogen-bond acceptors (Lipinski definition) is 3. The summed E-state index contributed by atoms with van der Waals surface area (Å²) in [6.07, 6.45) is 1.41. The van der Waals surface area contributed by atoms with Gasteiger partial charge in [-0.05, 0) is 36.1 Å². The first-order valence-corrected chi connectivity index (χ1v) is 8.38. The van der Waals surface area contributed by atoms with Crippen molar-refractivity contribution in [3.05, 3.63) is 83.0 Å². The van der Waals surface area contributed by atoms with Crippen LogP contribution in [-0.4, -0.2) is 5.91 Å². The zero-order chi connectivity index (χ0) is 18.5. The van der Waals surface area contributed by atoms with E-state index in [2.05, 4.69) is 10.6 Å². The maximum atomic E-state index is 12.4. The average molecular weight is 362 g/mol. The van der Waals surface area contributed by atoms with E-state index in [1.807, 2.05) is 61.5 Å². The molecule has 0 fully saturated rings. The highest BCUT2D eigenvalue weighted by molar-refractivity contribution is 6.31. The third-order valence-electron chi connectivity index (χ3n) is 3.97. The van der Waals surface area contributed by atoms with Gasteiger partial charge in [0, 0.05) is 28.0 Å². The number of halogens is 1. The number of carbonyl (C=O) groups excluding carboxylic acids is 1. The highest BCUT2D eigenvalue weighted by atomic mass is 35.5. The van der Waals surface area contributed by atoms with Crippen LogP contribution >= 0.6 is 11.6 Å². The fourth-order valence-electron chi connectivity index (χ4n) is 2.57. The summed E-state index contributed by atoms with van der Waals surface area (Å²) in [5, 5.41) is 17.7. The first-order chi connectivity index (χ1) is 12.6. The van der Waals surface area contributed by atoms with Gasteiger partial charge in [0.05, 0.1) is 0 Å². The van der Waals surface area contributed by atoms with Crippen molar-refractivity contribution < 1.29 is 4.79 Å². The number of carbonyl (C=O) groups is 1. The minimum Gasteiger partial charge on any atom is -0.360 e. The van der Waals surface area contributed by atoms with Gasteiger partial charge >= 0.3 is 0 Å². The van der Waals surface area contributed by atoms with Gasteiger partial charge in [0.2, 0.25) is 0 Å². The van der Waals surface area contributed by atoms with Crippen LogP contribution in [0.4, 0.5) is 11.4 Å². The van der Waals surface area contributed by atoms with Crippen molar-refractivity contribution in [2.75, 3.05) is 10.6 Å². The minimum atomic E-state index is -0.495. The molecule has 0 aliphatic carbocycles. The highest BCUT2D eigenvalue weighted by Gasteiger charge is 2.11. The molecular formula is C21H16ClN3O. The summed E-state index contributed by atoms with van der Waals surface area (Å²) in [7, 11) is 0. The van der Waals surface area contributed by atoms with E-state index in [1.54, 1.807) is 12.1 Å². The van der Waals surface area contributed by atoms with Crippen molar-refractivity contribution in [2.45, 2.75) is 6.92 Å². The second kappa shape index (κ2) is 7.73. The van der Waals surface area contributed by atoms with Crippen LogP contribution in [0.25, 0.3) is 10.8 Å². The number of rotatable bonds is 4. The second-order valence-corrected chi connectivity index (χ2v) is 6.19. The number of benzene rings is 3. The van der Waals surface area contributed by atoms with E-state index >= 15 is 0 Å². The van der Waals surface area contributed by atoms with Crippen LogP contribution in [0.1, 0.15) is 5.56 Å². The molecule has 0 aliphatic rings. The molecule has 0 unspecified atom stereocenters. The lowest BCUT2D eigenvalue weighted by molar-refractivity contribution is -0.112. The van der Waals surface area contributed by atoms with Crippen LogP contribution in [-0.2, 0) is 4.79 Å². The lowest BCUT2D eigenvalue weighted by atomic mass is 10.1. The third kappa shape index (κ3) is 3.85. The predicted molar refractivity (Wildman–Crippen MR) is 106 cm³/mol. The first kappa shape index (κ1) is 17.5. The van der Waals surface area contributed by atoms with Gasteiger partial charge in [-0.25, -0.2) is 0 Å². The molecule has 0 atom stereocenters. The molecule has 3 rings (SSSR count). The number of hydrogen-bond donors (Lipinski definition) is 2. The molecule has 0 saturated heterocycles. The SMILES string of the molecule is Cc1ccc(Cl)cc1NC(=O)/C(C#N)=C\Nc1cccc2ccccc12. The topological polar surface area (TPSA) is 64.9 Å². The average Bonchev–Trinajstić information content (AvgIpc) is 2.65. The monoisotopic (exact) mass is 361 g/mol. The molecule has 0 aromatic heterocycles. The van der Waals surface area contributed by atoms with Crippen LogP contribution < -0.4 is 10.6 Å². The van der Waals surface area contributed by atoms with Crippen molar-refractivity contribution in [3.8, 4) is 6.07 Å². The molecule has 5 heteroatoms. The zero-order valence-corrected chi connectivity index (χ0v) is 14.8. The smallest absolute Gasteiger partial charge is 0.267 e. The number of amides is 1. The molecule has 0 spiro atoms. The molecule has 0 bridgehead atoms. The van der Waals surface area contributed by atoms with Crippen molar-refractivity contribution >= 4 is 39.7 Å². The maximum Gasteiger partial charge on any atom is 0.267 e. The molecule has 2 N–H and O–H groups in total. The lowest BCUT2D eigenvalue weighted by Gasteiger charge is -2.09. The van der Waals surface area contributed by atoms with E-state index in [0.29, 0.717) is 10.7 Å². The molecule has 0 heterocycles. The molecule has 3 aromatic carbocycles. The molecule has 3 aromatic rings. The van der Waals surface area contributed by atoms with Crippen molar-refractivity contribution in [1.82, 2.24) is 0 Å². The van der Waals surface area contributed by atoms with Gasteiger partial charge in [-0.3, -0.25) is 4.79 Å². The normalized spacial score (nSPS) is 11.0. The molecule has 128 valence electrons. The molecular weight excluding hydrogens is 346 g/mol. The Morgan fingerprint density at radius 3 is 2.65 bits per heavy atom. The van der Waals surface area contributed by atoms with Crippen LogP contribution in [0.2, 0.25) is 5.02 Å². The number of nitriles is 1. The summed E-state index contributed by atoms with van der Waals surface area (Å²) in [6, 6.07) is 20.8. The van der Waals surface area contributed by atoms with E-state index in [4.69, 9.17) is 11.6 Å². The summed E-state index contributed by atoms with van der Waals surface area (Å²) in [4.78, 5) is 12.4. The lowest BCUT2D eigenvalue weighted by Crippen LogP contribution is -2.15. The number of aryl methyl sites for hydroxylation is 1. The molecule has 0 aliphatic heterocycles. The standard InChI is InChI=1S/C21H16ClN3O/c1-14-9-10-17(22)11-20(14)25-21(26)16(12-23)13-24-19-8-4-6-15-5-2-3-7-18(15)19/h2-11,13,24H,1H3,(H,25,26)/b16-13-. The molecule has 0 saturated carbocycles. The number of anilines is 2. The van der Waals surface area contributed by atoms with Gasteiger partial charge in [0.1, 0.15) is 11.6 Å². The Balaban J connectivity index is 1.83. The van der Waals surface area contributed by atoms with Crippen molar-refractivity contribution in [1.29, 1.82) is 5.26 Å². The van der Waals surface area contributed by atoms with E-state index in [1.165, 1.54) is 6.20 Å². The van der Waals surface area contributed by atoms with Crippen LogP contribution in [0.5, 0.6) is 0 Å².